The molecule has 1 saturated heterocycles. The molecule has 0 N–H and O–H groups in total. The van der Waals surface area contributed by atoms with Gasteiger partial charge in [-0.1, -0.05) is 30.7 Å². The van der Waals surface area contributed by atoms with E-state index in [-0.39, 0.29) is 5.82 Å². The van der Waals surface area contributed by atoms with Crippen LogP contribution < -0.4 is 4.90 Å². The Morgan fingerprint density at radius 1 is 1.30 bits per heavy atom. The monoisotopic (exact) mass is 371 g/mol. The molecule has 0 unspecified atom stereocenters. The van der Waals surface area contributed by atoms with E-state index in [4.69, 9.17) is 0 Å². The minimum atomic E-state index is -0.233. The standard InChI is InChI=1S/C23H34FN3/c1-17(7-5-6-8-21-10-9-18(21)2)15-26-13-14-27(16-19(26)3)23-12-11-22(24)20(4)25-23/h11-12,19,21H,1-2,5-10,13-16H2,3-4H3/t19-,21+/m0/s1. The Morgan fingerprint density at radius 3 is 2.74 bits per heavy atom. The second-order valence-corrected chi connectivity index (χ2v) is 8.39. The number of rotatable bonds is 8. The van der Waals surface area contributed by atoms with Crippen LogP contribution in [0.3, 0.4) is 0 Å². The van der Waals surface area contributed by atoms with Gasteiger partial charge >= 0.3 is 0 Å². The maximum Gasteiger partial charge on any atom is 0.144 e. The summed E-state index contributed by atoms with van der Waals surface area (Å²) in [6.07, 6.45) is 7.58. The predicted octanol–water partition coefficient (Wildman–Crippen LogP) is 5.12. The van der Waals surface area contributed by atoms with E-state index in [1.807, 2.05) is 0 Å². The molecule has 1 aromatic rings. The highest BCUT2D eigenvalue weighted by molar-refractivity contribution is 5.40. The number of nitrogens with zero attached hydrogens (tertiary/aromatic N) is 3. The molecule has 0 radical (unpaired) electrons. The Labute approximate surface area is 164 Å². The Kier molecular flexibility index (Phi) is 6.69. The summed E-state index contributed by atoms with van der Waals surface area (Å²) < 4.78 is 13.5. The first-order valence-corrected chi connectivity index (χ1v) is 10.4. The molecule has 3 rings (SSSR count). The van der Waals surface area contributed by atoms with Gasteiger partial charge in [-0.2, -0.15) is 0 Å². The van der Waals surface area contributed by atoms with Crippen molar-refractivity contribution in [3.05, 3.63) is 47.9 Å². The summed E-state index contributed by atoms with van der Waals surface area (Å²) in [6.45, 7) is 16.3. The highest BCUT2D eigenvalue weighted by Crippen LogP contribution is 2.35. The number of halogens is 1. The third-order valence-corrected chi connectivity index (χ3v) is 6.25. The summed E-state index contributed by atoms with van der Waals surface area (Å²) in [6, 6.07) is 3.76. The fraction of sp³-hybridized carbons (Fsp3) is 0.609. The number of unbranched alkanes of at least 4 members (excludes halogenated alkanes) is 1. The minimum Gasteiger partial charge on any atom is -0.354 e. The molecular weight excluding hydrogens is 337 g/mol. The number of aromatic nitrogens is 1. The molecule has 0 bridgehead atoms. The molecule has 0 amide bonds. The summed E-state index contributed by atoms with van der Waals surface area (Å²) in [5, 5.41) is 0. The number of hydrogen-bond acceptors (Lipinski definition) is 3. The van der Waals surface area contributed by atoms with E-state index >= 15 is 0 Å². The molecule has 1 aliphatic heterocycles. The van der Waals surface area contributed by atoms with E-state index in [9.17, 15) is 4.39 Å². The van der Waals surface area contributed by atoms with Crippen molar-refractivity contribution in [3.63, 3.8) is 0 Å². The van der Waals surface area contributed by atoms with Gasteiger partial charge in [0.25, 0.3) is 0 Å². The third kappa shape index (κ3) is 5.19. The van der Waals surface area contributed by atoms with Crippen molar-refractivity contribution in [2.75, 3.05) is 31.1 Å². The van der Waals surface area contributed by atoms with Gasteiger partial charge in [0.2, 0.25) is 0 Å². The molecule has 4 heteroatoms. The summed E-state index contributed by atoms with van der Waals surface area (Å²) >= 11 is 0. The molecule has 27 heavy (non-hydrogen) atoms. The van der Waals surface area contributed by atoms with Crippen LogP contribution >= 0.6 is 0 Å². The molecular formula is C23H34FN3. The van der Waals surface area contributed by atoms with E-state index in [0.717, 1.165) is 44.3 Å². The lowest BCUT2D eigenvalue weighted by atomic mass is 9.77. The smallest absolute Gasteiger partial charge is 0.144 e. The van der Waals surface area contributed by atoms with Gasteiger partial charge in [0.1, 0.15) is 11.6 Å². The van der Waals surface area contributed by atoms with Crippen molar-refractivity contribution >= 4 is 5.82 Å². The zero-order chi connectivity index (χ0) is 19.4. The first-order chi connectivity index (χ1) is 12.9. The average molecular weight is 372 g/mol. The Hall–Kier alpha value is -1.68. The van der Waals surface area contributed by atoms with Crippen LogP contribution in [0.2, 0.25) is 0 Å². The first kappa shape index (κ1) is 20.1. The van der Waals surface area contributed by atoms with Crippen LogP contribution in [0.25, 0.3) is 0 Å². The van der Waals surface area contributed by atoms with Crippen LogP contribution in [0.4, 0.5) is 10.2 Å². The quantitative estimate of drug-likeness (QED) is 0.467. The molecule has 1 aromatic heterocycles. The zero-order valence-corrected chi connectivity index (χ0v) is 17.0. The maximum atomic E-state index is 13.5. The summed E-state index contributed by atoms with van der Waals surface area (Å²) in [7, 11) is 0. The summed E-state index contributed by atoms with van der Waals surface area (Å²) in [5.41, 5.74) is 3.28. The highest BCUT2D eigenvalue weighted by atomic mass is 19.1. The zero-order valence-electron chi connectivity index (χ0n) is 17.0. The molecule has 148 valence electrons. The molecule has 2 fully saturated rings. The Bertz CT molecular complexity index is 684. The van der Waals surface area contributed by atoms with E-state index in [1.54, 1.807) is 13.0 Å². The number of piperazine rings is 1. The molecule has 2 aliphatic rings. The van der Waals surface area contributed by atoms with Gasteiger partial charge in [0, 0.05) is 32.2 Å². The summed E-state index contributed by atoms with van der Waals surface area (Å²) in [4.78, 5) is 9.19. The topological polar surface area (TPSA) is 19.4 Å². The van der Waals surface area contributed by atoms with Crippen LogP contribution in [0, 0.1) is 18.7 Å². The van der Waals surface area contributed by atoms with E-state index in [2.05, 4.69) is 34.9 Å². The second kappa shape index (κ2) is 9.01. The summed E-state index contributed by atoms with van der Waals surface area (Å²) in [5.74, 6) is 1.45. The lowest BCUT2D eigenvalue weighted by molar-refractivity contribution is 0.203. The first-order valence-electron chi connectivity index (χ1n) is 10.4. The number of aryl methyl sites for hydroxylation is 1. The van der Waals surface area contributed by atoms with Crippen molar-refractivity contribution in [3.8, 4) is 0 Å². The van der Waals surface area contributed by atoms with Gasteiger partial charge in [-0.25, -0.2) is 9.37 Å². The Balaban J connectivity index is 1.39. The maximum absolute atomic E-state index is 13.5. The van der Waals surface area contributed by atoms with Crippen LogP contribution in [0.1, 0.15) is 51.1 Å². The van der Waals surface area contributed by atoms with Gasteiger partial charge in [-0.3, -0.25) is 4.90 Å². The molecule has 0 aromatic carbocycles. The Morgan fingerprint density at radius 2 is 2.11 bits per heavy atom. The number of allylic oxidation sites excluding steroid dienone is 1. The molecule has 1 aliphatic carbocycles. The van der Waals surface area contributed by atoms with Gasteiger partial charge in [-0.05, 0) is 64.0 Å². The van der Waals surface area contributed by atoms with Gasteiger partial charge in [0.15, 0.2) is 0 Å². The fourth-order valence-electron chi connectivity index (χ4n) is 4.18. The molecule has 0 spiro atoms. The van der Waals surface area contributed by atoms with Crippen molar-refractivity contribution in [2.24, 2.45) is 5.92 Å². The van der Waals surface area contributed by atoms with E-state index in [1.165, 1.54) is 49.3 Å². The predicted molar refractivity (Wildman–Crippen MR) is 112 cm³/mol. The van der Waals surface area contributed by atoms with E-state index in [0.29, 0.717) is 11.7 Å². The number of anilines is 1. The molecule has 2 atom stereocenters. The van der Waals surface area contributed by atoms with Crippen LogP contribution in [0.15, 0.2) is 36.4 Å². The largest absolute Gasteiger partial charge is 0.354 e. The number of hydrogen-bond donors (Lipinski definition) is 0. The van der Waals surface area contributed by atoms with E-state index < -0.39 is 0 Å². The third-order valence-electron chi connectivity index (χ3n) is 6.25. The van der Waals surface area contributed by atoms with Crippen molar-refractivity contribution < 1.29 is 4.39 Å². The van der Waals surface area contributed by atoms with Crippen LogP contribution in [-0.4, -0.2) is 42.1 Å². The van der Waals surface area contributed by atoms with Gasteiger partial charge in [-0.15, -0.1) is 0 Å². The SMILES string of the molecule is C=C(CCCC[C@@H]1CCC1=C)CN1CCN(c2ccc(F)c(C)n2)C[C@@H]1C. The minimum absolute atomic E-state index is 0.233. The normalized spacial score (nSPS) is 23.4. The average Bonchev–Trinajstić information content (AvgIpc) is 2.64. The van der Waals surface area contributed by atoms with Gasteiger partial charge in [0.05, 0.1) is 5.69 Å². The van der Waals surface area contributed by atoms with Crippen LogP contribution in [-0.2, 0) is 0 Å². The van der Waals surface area contributed by atoms with Gasteiger partial charge < -0.3 is 4.90 Å². The molecule has 1 saturated carbocycles. The fourth-order valence-corrected chi connectivity index (χ4v) is 4.18. The molecule has 2 heterocycles. The lowest BCUT2D eigenvalue weighted by Crippen LogP contribution is -2.52. The highest BCUT2D eigenvalue weighted by Gasteiger charge is 2.25. The lowest BCUT2D eigenvalue weighted by Gasteiger charge is -2.40. The number of pyridine rings is 1. The van der Waals surface area contributed by atoms with Crippen LogP contribution in [0.5, 0.6) is 0 Å². The van der Waals surface area contributed by atoms with Crippen molar-refractivity contribution in [2.45, 2.75) is 58.4 Å². The second-order valence-electron chi connectivity index (χ2n) is 8.39. The van der Waals surface area contributed by atoms with Crippen molar-refractivity contribution in [1.82, 2.24) is 9.88 Å². The van der Waals surface area contributed by atoms with Crippen molar-refractivity contribution in [1.29, 1.82) is 0 Å². The molecule has 3 nitrogen and oxygen atoms in total.